The van der Waals surface area contributed by atoms with E-state index in [2.05, 4.69) is 80.5 Å². The number of aliphatic imine (C=N–C) groups is 1. The van der Waals surface area contributed by atoms with Crippen LogP contribution in [0.1, 0.15) is 66.2 Å². The van der Waals surface area contributed by atoms with Crippen LogP contribution in [0.5, 0.6) is 11.5 Å². The number of anilines is 2. The van der Waals surface area contributed by atoms with Gasteiger partial charge in [0.1, 0.15) is 47.6 Å². The van der Waals surface area contributed by atoms with Gasteiger partial charge in [-0.1, -0.05) is 27.7 Å². The van der Waals surface area contributed by atoms with Crippen molar-refractivity contribution in [1.29, 1.82) is 0 Å². The van der Waals surface area contributed by atoms with Crippen molar-refractivity contribution in [3.63, 3.8) is 0 Å². The van der Waals surface area contributed by atoms with Crippen LogP contribution in [0.3, 0.4) is 0 Å². The van der Waals surface area contributed by atoms with Crippen LogP contribution in [-0.4, -0.2) is 167 Å². The molecule has 2 aliphatic heterocycles. The SMILES string of the molecule is CC(C)CCOc1ccc(NC(=S)Nc2ccc(OCCC(C)C)cc2)cc1.NCCCC(N)CC(=O)NC1CNC(=O)[C@@H]([C@H]2C[C@H](O)NC(N)=N2)NC(=O)/C(=C/NC(N)=O)NC(=O)C(CO)NC(=O)C(CO)NC1=O.O=S(=O)(O)O. The Hall–Kier alpha value is -7.50. The van der Waals surface area contributed by atoms with Crippen LogP contribution in [-0.2, 0) is 39.2 Å². The molecule has 0 radical (unpaired) electrons. The minimum absolute atomic E-state index is 0.247. The van der Waals surface area contributed by atoms with Crippen LogP contribution in [0.2, 0.25) is 0 Å². The highest BCUT2D eigenvalue weighted by Gasteiger charge is 2.37. The number of carbonyl (C=O) groups is 7. The molecule has 81 heavy (non-hydrogen) atoms. The maximum Gasteiger partial charge on any atom is 0.394 e. The zero-order chi connectivity index (χ0) is 60.8. The van der Waals surface area contributed by atoms with Crippen molar-refractivity contribution in [2.45, 2.75) is 109 Å². The molecule has 0 bridgehead atoms. The summed E-state index contributed by atoms with van der Waals surface area (Å²) in [6.07, 6.45) is 1.85. The fourth-order valence-electron chi connectivity index (χ4n) is 6.83. The normalized spacial score (nSPS) is 20.8. The van der Waals surface area contributed by atoms with Crippen LogP contribution >= 0.6 is 12.2 Å². The summed E-state index contributed by atoms with van der Waals surface area (Å²) < 4.78 is 43.1. The van der Waals surface area contributed by atoms with Crippen molar-refractivity contribution in [3.05, 3.63) is 60.4 Å². The number of hydrogen-bond acceptors (Lipinski definition) is 20. The van der Waals surface area contributed by atoms with E-state index in [1.807, 2.05) is 53.8 Å². The number of ether oxygens (including phenoxy) is 2. The number of urea groups is 1. The van der Waals surface area contributed by atoms with Crippen molar-refractivity contribution in [1.82, 2.24) is 42.5 Å². The average Bonchev–Trinajstić information content (AvgIpc) is 3.37. The zero-order valence-electron chi connectivity index (χ0n) is 45.2. The van der Waals surface area contributed by atoms with Gasteiger partial charge in [0.2, 0.25) is 29.5 Å². The summed E-state index contributed by atoms with van der Waals surface area (Å²) in [5, 5.41) is 54.6. The minimum atomic E-state index is -4.67. The number of primary amides is 1. The van der Waals surface area contributed by atoms with Crippen molar-refractivity contribution >= 4 is 86.5 Å². The lowest BCUT2D eigenvalue weighted by Crippen LogP contribution is -2.63. The number of thiocarbonyl (C=S) groups is 1. The first-order chi connectivity index (χ1) is 38.1. The van der Waals surface area contributed by atoms with E-state index < -0.39 is 120 Å². The van der Waals surface area contributed by atoms with Crippen molar-refractivity contribution in [3.8, 4) is 11.5 Å². The van der Waals surface area contributed by atoms with Gasteiger partial charge in [0.25, 0.3) is 5.91 Å². The van der Waals surface area contributed by atoms with Gasteiger partial charge in [-0.3, -0.25) is 37.9 Å². The van der Waals surface area contributed by atoms with Gasteiger partial charge in [0.15, 0.2) is 11.1 Å². The number of benzene rings is 2. The Morgan fingerprint density at radius 2 is 1.31 bits per heavy atom. The van der Waals surface area contributed by atoms with Crippen LogP contribution in [0, 0.1) is 11.8 Å². The molecule has 2 aliphatic rings. The molecule has 31 nitrogen and oxygen atoms in total. The molecule has 0 aliphatic carbocycles. The van der Waals surface area contributed by atoms with Gasteiger partial charge in [0.05, 0.1) is 32.5 Å². The molecule has 2 aromatic carbocycles. The number of rotatable bonds is 20. The van der Waals surface area contributed by atoms with Gasteiger partial charge in [-0.05, 0) is 105 Å². The van der Waals surface area contributed by atoms with E-state index in [0.29, 0.717) is 42.5 Å². The maximum atomic E-state index is 13.6. The number of hydrogen-bond donors (Lipinski definition) is 19. The second kappa shape index (κ2) is 36.0. The molecule has 1 saturated heterocycles. The fraction of sp³-hybridized carbons (Fsp3) is 0.521. The standard InChI is InChI=1S/C25H43N13O10.C23H32N2O2S.H2O4S/c26-3-1-2-10(27)4-16(41)32-12-6-30-23(47)18(11-5-17(42)37-24(28)36-11)38-20(44)13(7-31-25(29)48)33-21(45)14(8-39)35-22(46)15(9-40)34-19(12)43;1-17(2)13-15-26-21-9-5-19(6-10-21)24-23(28)25-20-7-11-22(12-8-20)27-16-14-18(3)4;1-5(2,3)4/h7,10-12,14-15,17-18,39-40,42H,1-6,8-9,26-27H2,(H,30,47)(H,32,41)(H,33,45)(H,34,43)(H,35,46)(H,38,44)(H3,28,36,37)(H3,29,31,48);5-12,17-18H,13-16H2,1-4H3,(H2,24,25,28);(H2,1,2,3,4)/b13-7-;;/t10?,11-,12?,14?,15?,17+,18-;;/m1../s1. The Morgan fingerprint density at radius 3 is 1.78 bits per heavy atom. The Balaban J connectivity index is 0.000000570. The molecule has 7 atom stereocenters. The zero-order valence-corrected chi connectivity index (χ0v) is 46.8. The lowest BCUT2D eigenvalue weighted by Gasteiger charge is -2.31. The number of amides is 8. The molecule has 2 aromatic rings. The van der Waals surface area contributed by atoms with Gasteiger partial charge in [-0.2, -0.15) is 8.42 Å². The topological polar surface area (TPSA) is 510 Å². The molecule has 33 heteroatoms. The van der Waals surface area contributed by atoms with Gasteiger partial charge < -0.3 is 101 Å². The van der Waals surface area contributed by atoms with E-state index in [4.69, 9.17) is 62.1 Å². The van der Waals surface area contributed by atoms with Crippen molar-refractivity contribution < 1.29 is 75.9 Å². The minimum Gasteiger partial charge on any atom is -0.494 e. The number of nitrogens with two attached hydrogens (primary N) is 4. The molecular formula is C48H77N15O16S2. The lowest BCUT2D eigenvalue weighted by atomic mass is 10.0. The molecule has 452 valence electrons. The third-order valence-corrected chi connectivity index (χ3v) is 11.2. The smallest absolute Gasteiger partial charge is 0.394 e. The first-order valence-corrected chi connectivity index (χ1v) is 27.2. The van der Waals surface area contributed by atoms with Gasteiger partial charge in [-0.15, -0.1) is 0 Å². The summed E-state index contributed by atoms with van der Waals surface area (Å²) in [5.74, 6) is -3.65. The van der Waals surface area contributed by atoms with E-state index in [9.17, 15) is 48.9 Å². The number of nitrogens with one attached hydrogen (secondary N) is 10. The molecule has 2 heterocycles. The second-order valence-corrected chi connectivity index (χ2v) is 20.2. The molecule has 4 rings (SSSR count). The second-order valence-electron chi connectivity index (χ2n) is 18.9. The summed E-state index contributed by atoms with van der Waals surface area (Å²) in [6, 6.07) is 5.86. The van der Waals surface area contributed by atoms with E-state index in [0.717, 1.165) is 48.9 Å². The Bertz CT molecular complexity index is 2490. The number of nitrogens with zero attached hydrogens (tertiary/aromatic N) is 1. The molecule has 23 N–H and O–H groups in total. The third-order valence-electron chi connectivity index (χ3n) is 11.0. The molecule has 0 saturated carbocycles. The van der Waals surface area contributed by atoms with Gasteiger partial charge >= 0.3 is 16.4 Å². The van der Waals surface area contributed by atoms with Crippen LogP contribution in [0.15, 0.2) is 65.4 Å². The van der Waals surface area contributed by atoms with E-state index in [1.54, 1.807) is 0 Å². The lowest BCUT2D eigenvalue weighted by molar-refractivity contribution is -0.135. The summed E-state index contributed by atoms with van der Waals surface area (Å²) in [6.45, 7) is 7.88. The van der Waals surface area contributed by atoms with E-state index >= 15 is 0 Å². The summed E-state index contributed by atoms with van der Waals surface area (Å²) >= 11 is 5.40. The molecular weight excluding hydrogens is 1110 g/mol. The molecule has 0 spiro atoms. The predicted molar refractivity (Wildman–Crippen MR) is 301 cm³/mol. The first kappa shape index (κ1) is 69.6. The Morgan fingerprint density at radius 1 is 0.802 bits per heavy atom. The highest BCUT2D eigenvalue weighted by molar-refractivity contribution is 7.80. The summed E-state index contributed by atoms with van der Waals surface area (Å²) in [7, 11) is -4.67. The van der Waals surface area contributed by atoms with E-state index in [1.165, 1.54) is 0 Å². The third kappa shape index (κ3) is 29.5. The largest absolute Gasteiger partial charge is 0.494 e. The molecule has 1 fully saturated rings. The fourth-order valence-corrected chi connectivity index (χ4v) is 7.07. The monoisotopic (exact) mass is 1180 g/mol. The van der Waals surface area contributed by atoms with Crippen LogP contribution in [0.4, 0.5) is 16.2 Å². The maximum absolute atomic E-state index is 13.6. The van der Waals surface area contributed by atoms with Crippen molar-refractivity contribution in [2.24, 2.45) is 39.8 Å². The van der Waals surface area contributed by atoms with Crippen LogP contribution < -0.4 is 85.6 Å². The van der Waals surface area contributed by atoms with Gasteiger partial charge in [0, 0.05) is 43.0 Å². The highest BCUT2D eigenvalue weighted by atomic mass is 32.3. The molecule has 0 aromatic heterocycles. The summed E-state index contributed by atoms with van der Waals surface area (Å²) in [5.41, 5.74) is 23.3. The number of guanidine groups is 1. The average molecular weight is 1180 g/mol. The number of aliphatic hydroxyl groups excluding tert-OH is 3. The van der Waals surface area contributed by atoms with Gasteiger partial charge in [-0.25, -0.2) is 9.79 Å². The van der Waals surface area contributed by atoms with Crippen molar-refractivity contribution in [2.75, 3.05) is 50.2 Å². The van der Waals surface area contributed by atoms with E-state index in [-0.39, 0.29) is 18.8 Å². The number of aliphatic hydroxyl groups is 3. The molecule has 8 amide bonds. The Labute approximate surface area is 473 Å². The quantitative estimate of drug-likeness (QED) is 0.0353. The first-order valence-electron chi connectivity index (χ1n) is 25.4. The highest BCUT2D eigenvalue weighted by Crippen LogP contribution is 2.20. The Kier molecular flexibility index (Phi) is 30.9. The molecule has 4 unspecified atom stereocenters. The predicted octanol–water partition coefficient (Wildman–Crippen LogP) is -3.19. The van der Waals surface area contributed by atoms with Crippen LogP contribution in [0.25, 0.3) is 0 Å². The summed E-state index contributed by atoms with van der Waals surface area (Å²) in [4.78, 5) is 94.3. The number of carbonyl (C=O) groups excluding carboxylic acids is 7.